The predicted molar refractivity (Wildman–Crippen MR) is 153 cm³/mol. The maximum absolute atomic E-state index is 4.94. The molecule has 8 rings (SSSR count). The number of fused-ring (bicyclic) bond motifs is 8. The van der Waals surface area contributed by atoms with E-state index in [-0.39, 0.29) is 5.41 Å². The molecule has 0 unspecified atom stereocenters. The Kier molecular flexibility index (Phi) is 4.00. The lowest BCUT2D eigenvalue weighted by Crippen LogP contribution is -2.14. The fourth-order valence-corrected chi connectivity index (χ4v) is 6.51. The van der Waals surface area contributed by atoms with Crippen LogP contribution in [0.5, 0.6) is 0 Å². The predicted octanol–water partition coefficient (Wildman–Crippen LogP) is 8.43. The average molecular weight is 476 g/mol. The summed E-state index contributed by atoms with van der Waals surface area (Å²) in [7, 11) is 0. The highest BCUT2D eigenvalue weighted by atomic mass is 15.1. The molecule has 37 heavy (non-hydrogen) atoms. The van der Waals surface area contributed by atoms with Crippen LogP contribution in [0.4, 0.5) is 0 Å². The van der Waals surface area contributed by atoms with Gasteiger partial charge in [0.1, 0.15) is 11.8 Å². The van der Waals surface area contributed by atoms with Gasteiger partial charge in [-0.25, -0.2) is 4.98 Å². The van der Waals surface area contributed by atoms with Crippen molar-refractivity contribution < 1.29 is 0 Å². The van der Waals surface area contributed by atoms with Gasteiger partial charge in [0.05, 0.1) is 22.2 Å². The molecule has 2 aromatic heterocycles. The summed E-state index contributed by atoms with van der Waals surface area (Å²) >= 11 is 0. The topological polar surface area (TPSA) is 22.8 Å². The van der Waals surface area contributed by atoms with E-state index in [0.717, 1.165) is 22.4 Å². The lowest BCUT2D eigenvalue weighted by atomic mass is 9.82. The first-order valence-corrected chi connectivity index (χ1v) is 12.8. The first-order chi connectivity index (χ1) is 18.1. The molecule has 0 radical (unpaired) electrons. The highest BCUT2D eigenvalue weighted by Gasteiger charge is 2.37. The smallest absolute Gasteiger partial charge is 0.113 e. The van der Waals surface area contributed by atoms with E-state index in [2.05, 4.69) is 126 Å². The highest BCUT2D eigenvalue weighted by Crippen LogP contribution is 2.53. The second-order valence-electron chi connectivity index (χ2n) is 10.5. The van der Waals surface area contributed by atoms with E-state index in [9.17, 15) is 0 Å². The largest absolute Gasteiger partial charge is 0.307 e. The monoisotopic (exact) mass is 475 g/mol. The Morgan fingerprint density at radius 3 is 2.27 bits per heavy atom. The number of hydrogen-bond acceptors (Lipinski definition) is 1. The molecule has 0 N–H and O–H groups in total. The van der Waals surface area contributed by atoms with Gasteiger partial charge in [0, 0.05) is 21.9 Å². The van der Waals surface area contributed by atoms with Crippen molar-refractivity contribution in [2.75, 3.05) is 0 Å². The van der Waals surface area contributed by atoms with Crippen LogP contribution in [0.1, 0.15) is 25.0 Å². The van der Waals surface area contributed by atoms with Gasteiger partial charge in [-0.05, 0) is 58.7 Å². The second-order valence-corrected chi connectivity index (χ2v) is 10.5. The molecular formula is C34H25N3. The molecule has 7 aromatic rings. The number of para-hydroxylation sites is 3. The van der Waals surface area contributed by atoms with Crippen molar-refractivity contribution in [3.63, 3.8) is 0 Å². The summed E-state index contributed by atoms with van der Waals surface area (Å²) in [5, 5.41) is 2.60. The number of nitrogens with zero attached hydrogens (tertiary/aromatic N) is 3. The number of rotatable bonds is 2. The van der Waals surface area contributed by atoms with E-state index >= 15 is 0 Å². The van der Waals surface area contributed by atoms with Gasteiger partial charge in [-0.15, -0.1) is 0 Å². The molecule has 0 spiro atoms. The third-order valence-electron chi connectivity index (χ3n) is 8.21. The minimum absolute atomic E-state index is 0.0300. The zero-order valence-electron chi connectivity index (χ0n) is 20.8. The van der Waals surface area contributed by atoms with E-state index in [4.69, 9.17) is 4.98 Å². The van der Waals surface area contributed by atoms with Crippen LogP contribution >= 0.6 is 0 Å². The first-order valence-electron chi connectivity index (χ1n) is 12.8. The van der Waals surface area contributed by atoms with Crippen molar-refractivity contribution in [3.05, 3.63) is 127 Å². The molecule has 0 saturated carbocycles. The fraction of sp³-hybridized carbons (Fsp3) is 0.0882. The summed E-state index contributed by atoms with van der Waals surface area (Å²) in [5.41, 5.74) is 12.2. The standard InChI is InChI=1S/C34H25N3/c1-34(2)25-15-8-6-13-23(25)31-26(34)19-20-28-32(31)24-14-7-9-16-27(24)37(28)30-18-10-17-29-33(30)35-21-36(29)22-11-4-3-5-12-22/h3-21H,1-2H3. The molecule has 0 atom stereocenters. The van der Waals surface area contributed by atoms with Crippen LogP contribution in [-0.2, 0) is 5.41 Å². The van der Waals surface area contributed by atoms with Crippen molar-refractivity contribution in [2.45, 2.75) is 19.3 Å². The zero-order chi connectivity index (χ0) is 24.7. The Balaban J connectivity index is 1.49. The van der Waals surface area contributed by atoms with Gasteiger partial charge in [0.25, 0.3) is 0 Å². The van der Waals surface area contributed by atoms with Crippen LogP contribution in [0, 0.1) is 0 Å². The summed E-state index contributed by atoms with van der Waals surface area (Å²) in [6, 6.07) is 39.3. The molecule has 5 aromatic carbocycles. The van der Waals surface area contributed by atoms with Gasteiger partial charge >= 0.3 is 0 Å². The zero-order valence-corrected chi connectivity index (χ0v) is 20.8. The summed E-state index contributed by atoms with van der Waals surface area (Å²) < 4.78 is 4.58. The summed E-state index contributed by atoms with van der Waals surface area (Å²) in [5.74, 6) is 0. The summed E-state index contributed by atoms with van der Waals surface area (Å²) in [6.07, 6.45) is 1.94. The van der Waals surface area contributed by atoms with Crippen LogP contribution in [0.25, 0.3) is 55.3 Å². The van der Waals surface area contributed by atoms with Gasteiger partial charge in [0.15, 0.2) is 0 Å². The maximum atomic E-state index is 4.94. The summed E-state index contributed by atoms with van der Waals surface area (Å²) in [4.78, 5) is 4.94. The van der Waals surface area contributed by atoms with Crippen molar-refractivity contribution >= 4 is 32.8 Å². The molecule has 0 fully saturated rings. The van der Waals surface area contributed by atoms with E-state index in [1.54, 1.807) is 0 Å². The molecule has 2 heterocycles. The molecule has 3 heteroatoms. The average Bonchev–Trinajstić information content (AvgIpc) is 3.59. The molecule has 0 aliphatic heterocycles. The Morgan fingerprint density at radius 1 is 0.622 bits per heavy atom. The van der Waals surface area contributed by atoms with Crippen molar-refractivity contribution in [1.29, 1.82) is 0 Å². The van der Waals surface area contributed by atoms with Gasteiger partial charge in [-0.1, -0.05) is 86.6 Å². The number of hydrogen-bond donors (Lipinski definition) is 0. The third kappa shape index (κ3) is 2.63. The first kappa shape index (κ1) is 20.6. The molecule has 0 amide bonds. The minimum atomic E-state index is -0.0300. The third-order valence-corrected chi connectivity index (χ3v) is 8.21. The Labute approximate surface area is 215 Å². The van der Waals surface area contributed by atoms with Crippen molar-refractivity contribution in [2.24, 2.45) is 0 Å². The highest BCUT2D eigenvalue weighted by molar-refractivity contribution is 6.18. The van der Waals surface area contributed by atoms with Crippen LogP contribution in [0.2, 0.25) is 0 Å². The SMILES string of the molecule is CC1(C)c2ccccc2-c2c1ccc1c2c2ccccc2n1-c1cccc2c1ncn2-c1ccccc1. The van der Waals surface area contributed by atoms with E-state index in [1.165, 1.54) is 44.1 Å². The lowest BCUT2D eigenvalue weighted by Gasteiger charge is -2.21. The number of benzene rings is 5. The van der Waals surface area contributed by atoms with E-state index in [1.807, 2.05) is 12.4 Å². The maximum Gasteiger partial charge on any atom is 0.113 e. The molecule has 0 bridgehead atoms. The second kappa shape index (κ2) is 7.21. The molecule has 1 aliphatic carbocycles. The normalized spacial score (nSPS) is 13.9. The number of aromatic nitrogens is 3. The number of imidazole rings is 1. The Bertz CT molecular complexity index is 2000. The van der Waals surface area contributed by atoms with Crippen molar-refractivity contribution in [3.8, 4) is 22.5 Å². The molecule has 1 aliphatic rings. The van der Waals surface area contributed by atoms with Crippen molar-refractivity contribution in [1.82, 2.24) is 14.1 Å². The van der Waals surface area contributed by atoms with Gasteiger partial charge in [0.2, 0.25) is 0 Å². The van der Waals surface area contributed by atoms with Crippen LogP contribution in [0.3, 0.4) is 0 Å². The Morgan fingerprint density at radius 2 is 1.38 bits per heavy atom. The molecule has 3 nitrogen and oxygen atoms in total. The van der Waals surface area contributed by atoms with Gasteiger partial charge in [-0.3, -0.25) is 4.57 Å². The fourth-order valence-electron chi connectivity index (χ4n) is 6.51. The van der Waals surface area contributed by atoms with Crippen LogP contribution in [-0.4, -0.2) is 14.1 Å². The van der Waals surface area contributed by atoms with Gasteiger partial charge in [-0.2, -0.15) is 0 Å². The molecular weight excluding hydrogens is 450 g/mol. The summed E-state index contributed by atoms with van der Waals surface area (Å²) in [6.45, 7) is 4.69. The Hall–Kier alpha value is -4.63. The molecule has 176 valence electrons. The van der Waals surface area contributed by atoms with Crippen LogP contribution < -0.4 is 0 Å². The van der Waals surface area contributed by atoms with Gasteiger partial charge < -0.3 is 4.57 Å². The van der Waals surface area contributed by atoms with Crippen LogP contribution in [0.15, 0.2) is 116 Å². The minimum Gasteiger partial charge on any atom is -0.307 e. The quantitative estimate of drug-likeness (QED) is 0.246. The van der Waals surface area contributed by atoms with E-state index < -0.39 is 0 Å². The molecule has 0 saturated heterocycles. The lowest BCUT2D eigenvalue weighted by molar-refractivity contribution is 0.661. The van der Waals surface area contributed by atoms with E-state index in [0.29, 0.717) is 0 Å².